The van der Waals surface area contributed by atoms with Crippen LogP contribution in [-0.4, -0.2) is 42.2 Å². The maximum atomic E-state index is 12.3. The lowest BCUT2D eigenvalue weighted by Gasteiger charge is -2.19. The summed E-state index contributed by atoms with van der Waals surface area (Å²) in [7, 11) is 0. The summed E-state index contributed by atoms with van der Waals surface area (Å²) in [5.74, 6) is 0.655. The van der Waals surface area contributed by atoms with Gasteiger partial charge in [-0.25, -0.2) is 4.79 Å². The second kappa shape index (κ2) is 9.85. The molecule has 0 heterocycles. The second-order valence-electron chi connectivity index (χ2n) is 7.72. The lowest BCUT2D eigenvalue weighted by molar-refractivity contribution is 0.0185. The number of hydrogen-bond donors (Lipinski definition) is 3. The Balaban J connectivity index is 1.31. The van der Waals surface area contributed by atoms with Gasteiger partial charge >= 0.3 is 6.09 Å². The van der Waals surface area contributed by atoms with Gasteiger partial charge in [0, 0.05) is 12.5 Å². The van der Waals surface area contributed by atoms with Crippen LogP contribution in [0.5, 0.6) is 5.75 Å². The van der Waals surface area contributed by atoms with Crippen LogP contribution in [0.25, 0.3) is 11.1 Å². The molecular formula is C26H27NO5. The Labute approximate surface area is 187 Å². The zero-order valence-corrected chi connectivity index (χ0v) is 17.9. The van der Waals surface area contributed by atoms with E-state index >= 15 is 0 Å². The standard InChI is InChI=1S/C26H27NO5/c1-2-31-18-13-11-17(12-14-18)25(29)24(28)15-27-26(30)32-16-23-21-9-5-3-7-19(21)20-8-4-6-10-22(20)23/h3-14,23-25,28-29H,2,15-16H2,1H3,(H,27,30). The van der Waals surface area contributed by atoms with Crippen LogP contribution in [0, 0.1) is 0 Å². The molecule has 0 bridgehead atoms. The average molecular weight is 434 g/mol. The molecule has 6 heteroatoms. The number of alkyl carbamates (subject to hydrolysis) is 1. The van der Waals surface area contributed by atoms with Crippen LogP contribution in [0.15, 0.2) is 72.8 Å². The number of aliphatic hydroxyl groups is 2. The van der Waals surface area contributed by atoms with E-state index < -0.39 is 18.3 Å². The van der Waals surface area contributed by atoms with Crippen LogP contribution in [0.4, 0.5) is 4.79 Å². The first-order valence-electron chi connectivity index (χ1n) is 10.8. The van der Waals surface area contributed by atoms with Crippen LogP contribution in [0.3, 0.4) is 0 Å². The molecule has 1 aliphatic rings. The highest BCUT2D eigenvalue weighted by atomic mass is 16.5. The van der Waals surface area contributed by atoms with Gasteiger partial charge in [-0.05, 0) is 46.9 Å². The molecule has 3 aromatic rings. The number of fused-ring (bicyclic) bond motifs is 3. The smallest absolute Gasteiger partial charge is 0.407 e. The van der Waals surface area contributed by atoms with Gasteiger partial charge in [0.05, 0.1) is 6.61 Å². The van der Waals surface area contributed by atoms with Crippen LogP contribution in [0.2, 0.25) is 0 Å². The van der Waals surface area contributed by atoms with Crippen LogP contribution >= 0.6 is 0 Å². The van der Waals surface area contributed by atoms with Crippen molar-refractivity contribution in [2.45, 2.75) is 25.0 Å². The topological polar surface area (TPSA) is 88.0 Å². The SMILES string of the molecule is CCOc1ccc(C(O)C(O)CNC(=O)OCC2c3ccccc3-c3ccccc32)cc1. The van der Waals surface area contributed by atoms with Crippen LogP contribution < -0.4 is 10.1 Å². The number of carbonyl (C=O) groups is 1. The molecule has 2 atom stereocenters. The van der Waals surface area contributed by atoms with Gasteiger partial charge < -0.3 is 25.0 Å². The van der Waals surface area contributed by atoms with Crippen molar-refractivity contribution in [3.05, 3.63) is 89.5 Å². The van der Waals surface area contributed by atoms with Gasteiger partial charge in [-0.3, -0.25) is 0 Å². The fourth-order valence-corrected chi connectivity index (χ4v) is 4.10. The normalized spacial score (nSPS) is 14.2. The molecule has 4 rings (SSSR count). The summed E-state index contributed by atoms with van der Waals surface area (Å²) in [4.78, 5) is 12.3. The first-order valence-corrected chi connectivity index (χ1v) is 10.8. The van der Waals surface area contributed by atoms with Gasteiger partial charge in [-0.15, -0.1) is 0 Å². The molecule has 0 spiro atoms. The Morgan fingerprint density at radius 1 is 0.938 bits per heavy atom. The van der Waals surface area contributed by atoms with E-state index in [1.807, 2.05) is 31.2 Å². The molecule has 6 nitrogen and oxygen atoms in total. The summed E-state index contributed by atoms with van der Waals surface area (Å²) < 4.78 is 10.8. The summed E-state index contributed by atoms with van der Waals surface area (Å²) in [6.45, 7) is 2.50. The van der Waals surface area contributed by atoms with Crippen molar-refractivity contribution in [3.63, 3.8) is 0 Å². The third-order valence-corrected chi connectivity index (χ3v) is 5.70. The third-order valence-electron chi connectivity index (χ3n) is 5.70. The van der Waals surface area contributed by atoms with Crippen LogP contribution in [0.1, 0.15) is 35.6 Å². The van der Waals surface area contributed by atoms with E-state index in [9.17, 15) is 15.0 Å². The minimum atomic E-state index is -1.17. The fourth-order valence-electron chi connectivity index (χ4n) is 4.10. The van der Waals surface area contributed by atoms with E-state index in [-0.39, 0.29) is 19.1 Å². The fraction of sp³-hybridized carbons (Fsp3) is 0.269. The highest BCUT2D eigenvalue weighted by molar-refractivity contribution is 5.79. The maximum absolute atomic E-state index is 12.3. The number of rotatable bonds is 8. The van der Waals surface area contributed by atoms with E-state index in [1.54, 1.807) is 24.3 Å². The largest absolute Gasteiger partial charge is 0.494 e. The number of benzene rings is 3. The minimum absolute atomic E-state index is 0.0347. The molecule has 0 aliphatic heterocycles. The first kappa shape index (κ1) is 21.9. The molecule has 0 fully saturated rings. The summed E-state index contributed by atoms with van der Waals surface area (Å²) in [6.07, 6.45) is -2.95. The Morgan fingerprint density at radius 3 is 2.12 bits per heavy atom. The van der Waals surface area contributed by atoms with Crippen LogP contribution in [-0.2, 0) is 4.74 Å². The Kier molecular flexibility index (Phi) is 6.73. The quantitative estimate of drug-likeness (QED) is 0.499. The Hall–Kier alpha value is -3.35. The molecule has 3 N–H and O–H groups in total. The molecule has 0 saturated heterocycles. The molecule has 0 radical (unpaired) electrons. The lowest BCUT2D eigenvalue weighted by Crippen LogP contribution is -2.36. The van der Waals surface area contributed by atoms with Crippen molar-refractivity contribution in [1.29, 1.82) is 0 Å². The number of aliphatic hydroxyl groups excluding tert-OH is 2. The highest BCUT2D eigenvalue weighted by Crippen LogP contribution is 2.44. The van der Waals surface area contributed by atoms with Gasteiger partial charge in [-0.1, -0.05) is 60.7 Å². The molecule has 1 aliphatic carbocycles. The van der Waals surface area contributed by atoms with E-state index in [2.05, 4.69) is 29.6 Å². The Morgan fingerprint density at radius 2 is 1.53 bits per heavy atom. The molecule has 0 saturated carbocycles. The van der Waals surface area contributed by atoms with E-state index in [1.165, 1.54) is 0 Å². The number of carbonyl (C=O) groups excluding carboxylic acids is 1. The maximum Gasteiger partial charge on any atom is 0.407 e. The van der Waals surface area contributed by atoms with E-state index in [0.717, 1.165) is 22.3 Å². The van der Waals surface area contributed by atoms with Crippen molar-refractivity contribution in [2.24, 2.45) is 0 Å². The van der Waals surface area contributed by atoms with Gasteiger partial charge in [0.1, 0.15) is 24.6 Å². The zero-order valence-electron chi connectivity index (χ0n) is 17.9. The molecule has 3 aromatic carbocycles. The van der Waals surface area contributed by atoms with Crippen molar-refractivity contribution in [2.75, 3.05) is 19.8 Å². The predicted octanol–water partition coefficient (Wildman–Crippen LogP) is 4.02. The molecule has 1 amide bonds. The van der Waals surface area contributed by atoms with Gasteiger partial charge in [0.2, 0.25) is 0 Å². The van der Waals surface area contributed by atoms with Crippen molar-refractivity contribution in [3.8, 4) is 16.9 Å². The number of amides is 1. The first-order chi connectivity index (χ1) is 15.6. The number of nitrogens with one attached hydrogen (secondary N) is 1. The van der Waals surface area contributed by atoms with Gasteiger partial charge in [0.15, 0.2) is 0 Å². The third kappa shape index (κ3) is 4.61. The highest BCUT2D eigenvalue weighted by Gasteiger charge is 2.29. The second-order valence-corrected chi connectivity index (χ2v) is 7.72. The van der Waals surface area contributed by atoms with Crippen molar-refractivity contribution >= 4 is 6.09 Å². The van der Waals surface area contributed by atoms with Gasteiger partial charge in [-0.2, -0.15) is 0 Å². The molecule has 2 unspecified atom stereocenters. The van der Waals surface area contributed by atoms with Crippen molar-refractivity contribution in [1.82, 2.24) is 5.32 Å². The van der Waals surface area contributed by atoms with E-state index in [0.29, 0.717) is 17.9 Å². The summed E-state index contributed by atoms with van der Waals surface area (Å²) in [6, 6.07) is 23.1. The number of ether oxygens (including phenoxy) is 2. The average Bonchev–Trinajstić information content (AvgIpc) is 3.15. The Bertz CT molecular complexity index is 1020. The molecule has 0 aromatic heterocycles. The monoisotopic (exact) mass is 433 g/mol. The molecule has 32 heavy (non-hydrogen) atoms. The minimum Gasteiger partial charge on any atom is -0.494 e. The lowest BCUT2D eigenvalue weighted by atomic mass is 9.98. The molecule has 166 valence electrons. The van der Waals surface area contributed by atoms with Gasteiger partial charge in [0.25, 0.3) is 0 Å². The van der Waals surface area contributed by atoms with Crippen molar-refractivity contribution < 1.29 is 24.5 Å². The van der Waals surface area contributed by atoms with E-state index in [4.69, 9.17) is 9.47 Å². The summed E-state index contributed by atoms with van der Waals surface area (Å²) in [5, 5.41) is 23.2. The summed E-state index contributed by atoms with van der Waals surface area (Å²) in [5.41, 5.74) is 5.12. The molecular weight excluding hydrogens is 406 g/mol. The predicted molar refractivity (Wildman–Crippen MR) is 122 cm³/mol. The number of hydrogen-bond acceptors (Lipinski definition) is 5. The zero-order chi connectivity index (χ0) is 22.5. The summed E-state index contributed by atoms with van der Waals surface area (Å²) >= 11 is 0.